The van der Waals surface area contributed by atoms with Crippen molar-refractivity contribution in [3.05, 3.63) is 29.8 Å². The molecule has 0 fully saturated rings. The van der Waals surface area contributed by atoms with E-state index in [1.807, 2.05) is 25.1 Å². The summed E-state index contributed by atoms with van der Waals surface area (Å²) < 4.78 is 10.3. The summed E-state index contributed by atoms with van der Waals surface area (Å²) in [6.07, 6.45) is 3.50. The van der Waals surface area contributed by atoms with Crippen LogP contribution in [0.1, 0.15) is 51.1 Å². The summed E-state index contributed by atoms with van der Waals surface area (Å²) in [6.45, 7) is 5.37. The molecule has 0 aliphatic rings. The standard InChI is InChI=1S/C17H27NO3/c1-4-21-17(19)12-6-5-9-13-18-14(2)15-10-7-8-11-16(15)20-3/h7-8,10-11,14,18H,4-6,9,12-13H2,1-3H3/t14-/m0/s1. The molecule has 0 saturated heterocycles. The van der Waals surface area contributed by atoms with Gasteiger partial charge < -0.3 is 14.8 Å². The average Bonchev–Trinajstić information content (AvgIpc) is 2.50. The highest BCUT2D eigenvalue weighted by Crippen LogP contribution is 2.24. The van der Waals surface area contributed by atoms with Gasteiger partial charge in [0.15, 0.2) is 0 Å². The van der Waals surface area contributed by atoms with Crippen LogP contribution in [0.4, 0.5) is 0 Å². The van der Waals surface area contributed by atoms with Crippen molar-refractivity contribution < 1.29 is 14.3 Å². The lowest BCUT2D eigenvalue weighted by atomic mass is 10.1. The van der Waals surface area contributed by atoms with Crippen LogP contribution in [0.2, 0.25) is 0 Å². The maximum Gasteiger partial charge on any atom is 0.305 e. The molecule has 0 aliphatic carbocycles. The molecule has 1 N–H and O–H groups in total. The van der Waals surface area contributed by atoms with Crippen LogP contribution in [-0.4, -0.2) is 26.2 Å². The Kier molecular flexibility index (Phi) is 8.51. The normalized spacial score (nSPS) is 12.0. The molecule has 1 aromatic rings. The Hall–Kier alpha value is -1.55. The largest absolute Gasteiger partial charge is 0.496 e. The Balaban J connectivity index is 2.19. The van der Waals surface area contributed by atoms with Crippen molar-refractivity contribution in [1.82, 2.24) is 5.32 Å². The van der Waals surface area contributed by atoms with E-state index in [2.05, 4.69) is 18.3 Å². The van der Waals surface area contributed by atoms with E-state index in [0.29, 0.717) is 13.0 Å². The SMILES string of the molecule is CCOC(=O)CCCCCN[C@@H](C)c1ccccc1OC. The maximum absolute atomic E-state index is 11.2. The molecule has 0 spiro atoms. The first-order valence-electron chi connectivity index (χ1n) is 7.71. The molecule has 0 radical (unpaired) electrons. The first-order chi connectivity index (χ1) is 10.2. The fourth-order valence-corrected chi connectivity index (χ4v) is 2.26. The van der Waals surface area contributed by atoms with E-state index < -0.39 is 0 Å². The third-order valence-electron chi connectivity index (χ3n) is 3.42. The molecule has 118 valence electrons. The number of carbonyl (C=O) groups excluding carboxylic acids is 1. The zero-order valence-electron chi connectivity index (χ0n) is 13.4. The van der Waals surface area contributed by atoms with E-state index in [1.165, 1.54) is 5.56 Å². The zero-order valence-corrected chi connectivity index (χ0v) is 13.4. The number of para-hydroxylation sites is 1. The van der Waals surface area contributed by atoms with Crippen LogP contribution in [0.15, 0.2) is 24.3 Å². The number of methoxy groups -OCH3 is 1. The zero-order chi connectivity index (χ0) is 15.5. The highest BCUT2D eigenvalue weighted by Gasteiger charge is 2.09. The summed E-state index contributed by atoms with van der Waals surface area (Å²) in [4.78, 5) is 11.2. The second-order valence-electron chi connectivity index (χ2n) is 5.03. The number of carbonyl (C=O) groups is 1. The highest BCUT2D eigenvalue weighted by molar-refractivity contribution is 5.69. The summed E-state index contributed by atoms with van der Waals surface area (Å²) in [5, 5.41) is 3.49. The van der Waals surface area contributed by atoms with Crippen LogP contribution in [0, 0.1) is 0 Å². The van der Waals surface area contributed by atoms with Crippen molar-refractivity contribution in [2.75, 3.05) is 20.3 Å². The van der Waals surface area contributed by atoms with Gasteiger partial charge in [0, 0.05) is 18.0 Å². The Morgan fingerprint density at radius 2 is 2.00 bits per heavy atom. The minimum Gasteiger partial charge on any atom is -0.496 e. The minimum atomic E-state index is -0.0900. The second kappa shape index (κ2) is 10.2. The number of nitrogens with one attached hydrogen (secondary N) is 1. The lowest BCUT2D eigenvalue weighted by Crippen LogP contribution is -2.20. The van der Waals surface area contributed by atoms with Crippen molar-refractivity contribution in [2.24, 2.45) is 0 Å². The minimum absolute atomic E-state index is 0.0900. The summed E-state index contributed by atoms with van der Waals surface area (Å²) in [5.74, 6) is 0.827. The fraction of sp³-hybridized carbons (Fsp3) is 0.588. The molecule has 0 amide bonds. The number of unbranched alkanes of at least 4 members (excludes halogenated alkanes) is 2. The van der Waals surface area contributed by atoms with Gasteiger partial charge in [-0.15, -0.1) is 0 Å². The molecular weight excluding hydrogens is 266 g/mol. The van der Waals surface area contributed by atoms with Gasteiger partial charge in [0.05, 0.1) is 13.7 Å². The average molecular weight is 293 g/mol. The maximum atomic E-state index is 11.2. The van der Waals surface area contributed by atoms with Gasteiger partial charge in [0.1, 0.15) is 5.75 Å². The van der Waals surface area contributed by atoms with Crippen LogP contribution in [-0.2, 0) is 9.53 Å². The fourth-order valence-electron chi connectivity index (χ4n) is 2.26. The number of hydrogen-bond donors (Lipinski definition) is 1. The summed E-state index contributed by atoms with van der Waals surface area (Å²) in [5.41, 5.74) is 1.17. The van der Waals surface area contributed by atoms with E-state index in [1.54, 1.807) is 7.11 Å². The van der Waals surface area contributed by atoms with Crippen molar-refractivity contribution in [1.29, 1.82) is 0 Å². The van der Waals surface area contributed by atoms with E-state index in [0.717, 1.165) is 31.6 Å². The number of benzene rings is 1. The van der Waals surface area contributed by atoms with Crippen LogP contribution >= 0.6 is 0 Å². The number of hydrogen-bond acceptors (Lipinski definition) is 4. The molecule has 0 saturated carbocycles. The Labute approximate surface area is 127 Å². The third kappa shape index (κ3) is 6.63. The molecule has 1 rings (SSSR count). The molecule has 4 heteroatoms. The van der Waals surface area contributed by atoms with Crippen molar-refractivity contribution in [2.45, 2.75) is 45.6 Å². The van der Waals surface area contributed by atoms with Gasteiger partial charge in [-0.3, -0.25) is 4.79 Å². The van der Waals surface area contributed by atoms with Gasteiger partial charge in [-0.25, -0.2) is 0 Å². The van der Waals surface area contributed by atoms with Crippen molar-refractivity contribution in [3.8, 4) is 5.75 Å². The predicted molar refractivity (Wildman–Crippen MR) is 84.5 cm³/mol. The Bertz CT molecular complexity index is 420. The van der Waals surface area contributed by atoms with Gasteiger partial charge in [0.25, 0.3) is 0 Å². The lowest BCUT2D eigenvalue weighted by Gasteiger charge is -2.17. The molecule has 0 aromatic heterocycles. The lowest BCUT2D eigenvalue weighted by molar-refractivity contribution is -0.143. The van der Waals surface area contributed by atoms with Gasteiger partial charge in [-0.05, 0) is 39.3 Å². The molecule has 1 atom stereocenters. The van der Waals surface area contributed by atoms with E-state index in [4.69, 9.17) is 9.47 Å². The van der Waals surface area contributed by atoms with E-state index in [9.17, 15) is 4.79 Å². The first kappa shape index (κ1) is 17.5. The third-order valence-corrected chi connectivity index (χ3v) is 3.42. The van der Waals surface area contributed by atoms with Gasteiger partial charge in [0.2, 0.25) is 0 Å². The van der Waals surface area contributed by atoms with Gasteiger partial charge in [-0.1, -0.05) is 24.6 Å². The second-order valence-corrected chi connectivity index (χ2v) is 5.03. The van der Waals surface area contributed by atoms with Crippen LogP contribution < -0.4 is 10.1 Å². The Morgan fingerprint density at radius 1 is 1.24 bits per heavy atom. The van der Waals surface area contributed by atoms with E-state index >= 15 is 0 Å². The quantitative estimate of drug-likeness (QED) is 0.530. The smallest absolute Gasteiger partial charge is 0.305 e. The summed E-state index contributed by atoms with van der Waals surface area (Å²) >= 11 is 0. The predicted octanol–water partition coefficient (Wildman–Crippen LogP) is 3.47. The van der Waals surface area contributed by atoms with Crippen LogP contribution in [0.25, 0.3) is 0 Å². The van der Waals surface area contributed by atoms with Crippen molar-refractivity contribution in [3.63, 3.8) is 0 Å². The molecule has 4 nitrogen and oxygen atoms in total. The van der Waals surface area contributed by atoms with Crippen molar-refractivity contribution >= 4 is 5.97 Å². The Morgan fingerprint density at radius 3 is 2.71 bits per heavy atom. The topological polar surface area (TPSA) is 47.6 Å². The van der Waals surface area contributed by atoms with Gasteiger partial charge in [-0.2, -0.15) is 0 Å². The summed E-state index contributed by atoms with van der Waals surface area (Å²) in [6, 6.07) is 8.32. The monoisotopic (exact) mass is 293 g/mol. The molecular formula is C17H27NO3. The number of ether oxygens (including phenoxy) is 2. The summed E-state index contributed by atoms with van der Waals surface area (Å²) in [7, 11) is 1.70. The van der Waals surface area contributed by atoms with Crippen LogP contribution in [0.3, 0.4) is 0 Å². The molecule has 0 aliphatic heterocycles. The van der Waals surface area contributed by atoms with E-state index in [-0.39, 0.29) is 12.0 Å². The first-order valence-corrected chi connectivity index (χ1v) is 7.71. The highest BCUT2D eigenvalue weighted by atomic mass is 16.5. The molecule has 0 bridgehead atoms. The van der Waals surface area contributed by atoms with Gasteiger partial charge >= 0.3 is 5.97 Å². The number of rotatable bonds is 10. The molecule has 1 aromatic carbocycles. The molecule has 21 heavy (non-hydrogen) atoms. The number of esters is 1. The van der Waals surface area contributed by atoms with Crippen LogP contribution in [0.5, 0.6) is 5.75 Å². The molecule has 0 heterocycles. The molecule has 0 unspecified atom stereocenters.